The van der Waals surface area contributed by atoms with Crippen molar-refractivity contribution in [3.8, 4) is 0 Å². The second kappa shape index (κ2) is 10.9. The van der Waals surface area contributed by atoms with Crippen LogP contribution < -0.4 is 0 Å². The van der Waals surface area contributed by atoms with E-state index >= 15 is 0 Å². The Labute approximate surface area is 197 Å². The van der Waals surface area contributed by atoms with Crippen LogP contribution in [0.15, 0.2) is 115 Å². The van der Waals surface area contributed by atoms with Gasteiger partial charge in [0.25, 0.3) is 0 Å². The smallest absolute Gasteiger partial charge is 0.147 e. The molecule has 4 rings (SSSR count). The number of halogens is 2. The molecule has 0 radical (unpaired) electrons. The molecule has 0 unspecified atom stereocenters. The van der Waals surface area contributed by atoms with Crippen molar-refractivity contribution in [3.63, 3.8) is 0 Å². The number of hydrogen-bond donors (Lipinski definition) is 0. The molecule has 0 aromatic heterocycles. The van der Waals surface area contributed by atoms with Crippen molar-refractivity contribution in [2.45, 2.75) is 13.8 Å². The molecule has 2 aromatic carbocycles. The molecule has 0 fully saturated rings. The van der Waals surface area contributed by atoms with Crippen molar-refractivity contribution in [1.29, 1.82) is 0 Å². The summed E-state index contributed by atoms with van der Waals surface area (Å²) in [6.45, 7) is 4.31. The summed E-state index contributed by atoms with van der Waals surface area (Å²) in [6, 6.07) is 21.6. The molecule has 0 bridgehead atoms. The van der Waals surface area contributed by atoms with Crippen LogP contribution >= 0.6 is 24.8 Å². The first-order valence-electron chi connectivity index (χ1n) is 9.37. The van der Waals surface area contributed by atoms with Gasteiger partial charge < -0.3 is 0 Å². The molecule has 0 amide bonds. The van der Waals surface area contributed by atoms with E-state index in [4.69, 9.17) is 0 Å². The van der Waals surface area contributed by atoms with E-state index in [9.17, 15) is 0 Å². The van der Waals surface area contributed by atoms with Gasteiger partial charge in [0.05, 0.1) is 0 Å². The molecule has 0 saturated carbocycles. The molecular formula is C26H24Cl2Zr. The molecule has 29 heavy (non-hydrogen) atoms. The topological polar surface area (TPSA) is 0 Å². The number of benzene rings is 2. The van der Waals surface area contributed by atoms with E-state index in [0.717, 1.165) is 0 Å². The minimum absolute atomic E-state index is 0. The van der Waals surface area contributed by atoms with E-state index < -0.39 is 23.2 Å². The Morgan fingerprint density at radius 2 is 0.931 bits per heavy atom. The van der Waals surface area contributed by atoms with Gasteiger partial charge in [-0.1, -0.05) is 0 Å². The summed E-state index contributed by atoms with van der Waals surface area (Å²) >= 11 is -0.990. The predicted octanol–water partition coefficient (Wildman–Crippen LogP) is 7.77. The average molecular weight is 499 g/mol. The minimum Gasteiger partial charge on any atom is -0.147 e. The Kier molecular flexibility index (Phi) is 8.90. The van der Waals surface area contributed by atoms with Crippen molar-refractivity contribution < 1.29 is 23.2 Å². The predicted molar refractivity (Wildman–Crippen MR) is 127 cm³/mol. The van der Waals surface area contributed by atoms with Crippen LogP contribution in [0.2, 0.25) is 0 Å². The Hall–Kier alpha value is -1.66. The summed E-state index contributed by atoms with van der Waals surface area (Å²) in [6.07, 6.45) is 13.7. The Morgan fingerprint density at radius 3 is 1.28 bits per heavy atom. The quantitative estimate of drug-likeness (QED) is 0.404. The van der Waals surface area contributed by atoms with E-state index in [-0.39, 0.29) is 24.8 Å². The molecule has 0 nitrogen and oxygen atoms in total. The molecule has 146 valence electrons. The summed E-state index contributed by atoms with van der Waals surface area (Å²) in [7, 11) is 0. The third-order valence-corrected chi connectivity index (χ3v) is 8.99. The fourth-order valence-corrected chi connectivity index (χ4v) is 7.82. The summed E-state index contributed by atoms with van der Waals surface area (Å²) in [4.78, 5) is 0. The standard InChI is InChI=1S/2C13H11.2ClH.Zr/c2*1-2-11-8-9-13(10-11)12-6-4-3-5-7-12;;;/h2*2-9H,1H3;2*1H;. The Balaban J connectivity index is 0.00000150. The molecule has 0 N–H and O–H groups in total. The summed E-state index contributed by atoms with van der Waals surface area (Å²) < 4.78 is 3.16. The molecule has 0 heterocycles. The van der Waals surface area contributed by atoms with Gasteiger partial charge in [0, 0.05) is 0 Å². The van der Waals surface area contributed by atoms with Gasteiger partial charge in [-0.2, -0.15) is 0 Å². The second-order valence-corrected chi connectivity index (χ2v) is 9.66. The van der Waals surface area contributed by atoms with Gasteiger partial charge in [-0.3, -0.25) is 0 Å². The van der Waals surface area contributed by atoms with Gasteiger partial charge in [-0.15, -0.1) is 24.8 Å². The van der Waals surface area contributed by atoms with Crippen molar-refractivity contribution in [2.75, 3.05) is 0 Å². The van der Waals surface area contributed by atoms with Crippen molar-refractivity contribution in [1.82, 2.24) is 0 Å². The Morgan fingerprint density at radius 1 is 0.552 bits per heavy atom. The molecular weight excluding hydrogens is 474 g/mol. The fraction of sp³-hybridized carbons (Fsp3) is 0.0769. The fourth-order valence-electron chi connectivity index (χ4n) is 3.59. The summed E-state index contributed by atoms with van der Waals surface area (Å²) in [5.41, 5.74) is 8.30. The maximum absolute atomic E-state index is 2.31. The third kappa shape index (κ3) is 4.92. The molecule has 2 aromatic rings. The first-order valence-corrected chi connectivity index (χ1v) is 11.8. The SMILES string of the molecule is CC=C1C=CC(c2ccccc2)=[C]1[Zr][C]1=C(c2ccccc2)C=CC1=CC.Cl.Cl. The largest absolute Gasteiger partial charge is 0.147 e. The number of rotatable bonds is 4. The molecule has 0 spiro atoms. The van der Waals surface area contributed by atoms with E-state index in [1.165, 1.54) is 33.4 Å². The summed E-state index contributed by atoms with van der Waals surface area (Å²) in [5, 5.41) is 0. The third-order valence-electron chi connectivity index (χ3n) is 5.02. The first kappa shape index (κ1) is 23.6. The number of hydrogen-bond acceptors (Lipinski definition) is 0. The van der Waals surface area contributed by atoms with E-state index in [1.54, 1.807) is 6.56 Å². The molecule has 3 heteroatoms. The van der Waals surface area contributed by atoms with Gasteiger partial charge in [0.15, 0.2) is 0 Å². The maximum atomic E-state index is 2.31. The van der Waals surface area contributed by atoms with Crippen LogP contribution in [0.5, 0.6) is 0 Å². The van der Waals surface area contributed by atoms with Gasteiger partial charge in [-0.05, 0) is 0 Å². The van der Waals surface area contributed by atoms with Crippen LogP contribution in [0.1, 0.15) is 25.0 Å². The van der Waals surface area contributed by atoms with Gasteiger partial charge in [0.1, 0.15) is 0 Å². The maximum Gasteiger partial charge on any atom is -0.147 e. The molecule has 0 aliphatic heterocycles. The number of allylic oxidation sites excluding steroid dienone is 12. The molecule has 0 saturated heterocycles. The minimum atomic E-state index is -0.990. The first-order chi connectivity index (χ1) is 13.3. The van der Waals surface area contributed by atoms with Gasteiger partial charge in [0.2, 0.25) is 0 Å². The normalized spacial score (nSPS) is 17.7. The molecule has 2 aliphatic carbocycles. The second-order valence-electron chi connectivity index (χ2n) is 6.59. The van der Waals surface area contributed by atoms with Crippen LogP contribution in [0.3, 0.4) is 0 Å². The monoisotopic (exact) mass is 496 g/mol. The van der Waals surface area contributed by atoms with E-state index in [1.807, 2.05) is 0 Å². The Bertz CT molecular complexity index is 951. The summed E-state index contributed by atoms with van der Waals surface area (Å²) in [5.74, 6) is 0. The van der Waals surface area contributed by atoms with Crippen LogP contribution in [0.25, 0.3) is 11.1 Å². The van der Waals surface area contributed by atoms with Crippen molar-refractivity contribution in [3.05, 3.63) is 126 Å². The van der Waals surface area contributed by atoms with Gasteiger partial charge >= 0.3 is 174 Å². The van der Waals surface area contributed by atoms with Crippen LogP contribution in [-0.4, -0.2) is 0 Å². The zero-order valence-corrected chi connectivity index (χ0v) is 20.6. The van der Waals surface area contributed by atoms with Crippen molar-refractivity contribution >= 4 is 36.0 Å². The molecule has 0 atom stereocenters. The zero-order valence-electron chi connectivity index (χ0n) is 16.6. The van der Waals surface area contributed by atoms with Gasteiger partial charge in [-0.25, -0.2) is 0 Å². The zero-order chi connectivity index (χ0) is 18.6. The van der Waals surface area contributed by atoms with E-state index in [0.29, 0.717) is 0 Å². The average Bonchev–Trinajstić information content (AvgIpc) is 3.33. The van der Waals surface area contributed by atoms with Crippen molar-refractivity contribution in [2.24, 2.45) is 0 Å². The van der Waals surface area contributed by atoms with Crippen LogP contribution in [0.4, 0.5) is 0 Å². The van der Waals surface area contributed by atoms with E-state index in [2.05, 4.69) is 111 Å². The van der Waals surface area contributed by atoms with Crippen LogP contribution in [0, 0.1) is 0 Å². The molecule has 2 aliphatic rings. The van der Waals surface area contributed by atoms with Crippen LogP contribution in [-0.2, 0) is 23.2 Å².